The Hall–Kier alpha value is -1.78. The second-order valence-corrected chi connectivity index (χ2v) is 5.20. The Morgan fingerprint density at radius 3 is 2.33 bits per heavy atom. The molecule has 2 aromatic rings. The first kappa shape index (κ1) is 14.2. The zero-order valence-electron chi connectivity index (χ0n) is 11.5. The summed E-state index contributed by atoms with van der Waals surface area (Å²) >= 11 is 6.37. The fraction of sp³-hybridized carbons (Fsp3) is 0.250. The smallest absolute Gasteiger partial charge is 0.162 e. The predicted octanol–water partition coefficient (Wildman–Crippen LogP) is 3.56. The Morgan fingerprint density at radius 1 is 1.10 bits per heavy atom. The Bertz CT molecular complexity index is 645. The number of rotatable bonds is 3. The fourth-order valence-electron chi connectivity index (χ4n) is 2.46. The van der Waals surface area contributed by atoms with Gasteiger partial charge in [0.15, 0.2) is 11.5 Å². The molecule has 2 aromatic carbocycles. The minimum Gasteiger partial charge on any atom is -0.486 e. The van der Waals surface area contributed by atoms with Crippen LogP contribution in [0.15, 0.2) is 36.4 Å². The molecule has 0 amide bonds. The number of benzene rings is 2. The molecule has 110 valence electrons. The van der Waals surface area contributed by atoms with Gasteiger partial charge in [-0.1, -0.05) is 23.7 Å². The van der Waals surface area contributed by atoms with E-state index in [1.54, 1.807) is 18.2 Å². The van der Waals surface area contributed by atoms with Crippen molar-refractivity contribution in [3.05, 3.63) is 58.4 Å². The van der Waals surface area contributed by atoms with Crippen molar-refractivity contribution in [2.45, 2.75) is 6.04 Å². The van der Waals surface area contributed by atoms with E-state index in [2.05, 4.69) is 5.32 Å². The van der Waals surface area contributed by atoms with Gasteiger partial charge in [-0.2, -0.15) is 0 Å². The van der Waals surface area contributed by atoms with Gasteiger partial charge in [0, 0.05) is 11.1 Å². The van der Waals surface area contributed by atoms with Gasteiger partial charge in [0.05, 0.1) is 6.04 Å². The van der Waals surface area contributed by atoms with Crippen LogP contribution in [-0.4, -0.2) is 20.3 Å². The van der Waals surface area contributed by atoms with Gasteiger partial charge in [0.1, 0.15) is 19.0 Å². The maximum atomic E-state index is 13.1. The SMILES string of the molecule is CNC(c1ccc(F)cc1)c1cc2c(cc1Cl)OCCO2. The fourth-order valence-corrected chi connectivity index (χ4v) is 2.72. The van der Waals surface area contributed by atoms with Crippen LogP contribution in [0.5, 0.6) is 11.5 Å². The third-order valence-electron chi connectivity index (χ3n) is 3.46. The summed E-state index contributed by atoms with van der Waals surface area (Å²) in [5.74, 6) is 1.08. The number of hydrogen-bond donors (Lipinski definition) is 1. The third-order valence-corrected chi connectivity index (χ3v) is 3.79. The van der Waals surface area contributed by atoms with Gasteiger partial charge in [-0.3, -0.25) is 0 Å². The highest BCUT2D eigenvalue weighted by molar-refractivity contribution is 6.31. The van der Waals surface area contributed by atoms with Crippen molar-refractivity contribution in [2.75, 3.05) is 20.3 Å². The molecular formula is C16H15ClFNO2. The number of halogens is 2. The van der Waals surface area contributed by atoms with Gasteiger partial charge in [0.2, 0.25) is 0 Å². The molecule has 0 fully saturated rings. The van der Waals surface area contributed by atoms with Crippen LogP contribution in [-0.2, 0) is 0 Å². The number of fused-ring (bicyclic) bond motifs is 1. The highest BCUT2D eigenvalue weighted by atomic mass is 35.5. The van der Waals surface area contributed by atoms with Crippen LogP contribution in [0.1, 0.15) is 17.2 Å². The van der Waals surface area contributed by atoms with Gasteiger partial charge < -0.3 is 14.8 Å². The second-order valence-electron chi connectivity index (χ2n) is 4.79. The van der Waals surface area contributed by atoms with Crippen LogP contribution in [0.3, 0.4) is 0 Å². The monoisotopic (exact) mass is 307 g/mol. The zero-order valence-corrected chi connectivity index (χ0v) is 12.3. The van der Waals surface area contributed by atoms with Crippen LogP contribution < -0.4 is 14.8 Å². The second kappa shape index (κ2) is 5.92. The summed E-state index contributed by atoms with van der Waals surface area (Å²) < 4.78 is 24.2. The highest BCUT2D eigenvalue weighted by Gasteiger charge is 2.21. The molecule has 1 heterocycles. The quantitative estimate of drug-likeness (QED) is 0.940. The topological polar surface area (TPSA) is 30.5 Å². The van der Waals surface area contributed by atoms with E-state index in [-0.39, 0.29) is 11.9 Å². The maximum Gasteiger partial charge on any atom is 0.162 e. The standard InChI is InChI=1S/C16H15ClFNO2/c1-19-16(10-2-4-11(18)5-3-10)12-8-14-15(9-13(12)17)21-7-6-20-14/h2-5,8-9,16,19H,6-7H2,1H3. The molecular weight excluding hydrogens is 293 g/mol. The molecule has 1 aliphatic rings. The van der Waals surface area contributed by atoms with Crippen LogP contribution in [0.4, 0.5) is 4.39 Å². The normalized spacial score (nSPS) is 14.8. The molecule has 0 radical (unpaired) electrons. The first-order chi connectivity index (χ1) is 10.2. The van der Waals surface area contributed by atoms with Crippen molar-refractivity contribution in [1.29, 1.82) is 0 Å². The molecule has 21 heavy (non-hydrogen) atoms. The molecule has 0 saturated heterocycles. The van der Waals surface area contributed by atoms with Crippen LogP contribution >= 0.6 is 11.6 Å². The lowest BCUT2D eigenvalue weighted by atomic mass is 9.98. The number of ether oxygens (including phenoxy) is 2. The number of nitrogens with one attached hydrogen (secondary N) is 1. The van der Waals surface area contributed by atoms with E-state index in [9.17, 15) is 4.39 Å². The van der Waals surface area contributed by atoms with Crippen LogP contribution in [0.25, 0.3) is 0 Å². The van der Waals surface area contributed by atoms with Gasteiger partial charge in [-0.25, -0.2) is 4.39 Å². The van der Waals surface area contributed by atoms with Gasteiger partial charge in [-0.05, 0) is 36.4 Å². The lowest BCUT2D eigenvalue weighted by Crippen LogP contribution is -2.20. The lowest BCUT2D eigenvalue weighted by Gasteiger charge is -2.23. The molecule has 1 N–H and O–H groups in total. The molecule has 1 unspecified atom stereocenters. The third kappa shape index (κ3) is 2.82. The van der Waals surface area contributed by atoms with E-state index in [4.69, 9.17) is 21.1 Å². The minimum atomic E-state index is -0.262. The summed E-state index contributed by atoms with van der Waals surface area (Å²) in [6.07, 6.45) is 0. The van der Waals surface area contributed by atoms with E-state index < -0.39 is 0 Å². The molecule has 0 spiro atoms. The number of hydrogen-bond acceptors (Lipinski definition) is 3. The molecule has 1 atom stereocenters. The summed E-state index contributed by atoms with van der Waals surface area (Å²) in [5.41, 5.74) is 1.80. The Morgan fingerprint density at radius 2 is 1.71 bits per heavy atom. The van der Waals surface area contributed by atoms with Crippen molar-refractivity contribution < 1.29 is 13.9 Å². The largest absolute Gasteiger partial charge is 0.486 e. The first-order valence-electron chi connectivity index (χ1n) is 6.71. The molecule has 0 saturated carbocycles. The van der Waals surface area contributed by atoms with Gasteiger partial charge in [0.25, 0.3) is 0 Å². The zero-order chi connectivity index (χ0) is 14.8. The highest BCUT2D eigenvalue weighted by Crippen LogP contribution is 2.39. The van der Waals surface area contributed by atoms with Crippen LogP contribution in [0.2, 0.25) is 5.02 Å². The summed E-state index contributed by atoms with van der Waals surface area (Å²) in [7, 11) is 1.83. The van der Waals surface area contributed by atoms with Crippen molar-refractivity contribution in [1.82, 2.24) is 5.32 Å². The average molecular weight is 308 g/mol. The maximum absolute atomic E-state index is 13.1. The van der Waals surface area contributed by atoms with Crippen molar-refractivity contribution >= 4 is 11.6 Å². The average Bonchev–Trinajstić information content (AvgIpc) is 2.50. The van der Waals surface area contributed by atoms with E-state index in [1.165, 1.54) is 12.1 Å². The Balaban J connectivity index is 2.02. The van der Waals surface area contributed by atoms with Gasteiger partial charge in [-0.15, -0.1) is 0 Å². The van der Waals surface area contributed by atoms with E-state index >= 15 is 0 Å². The molecule has 0 bridgehead atoms. The molecule has 3 nitrogen and oxygen atoms in total. The molecule has 5 heteroatoms. The van der Waals surface area contributed by atoms with Gasteiger partial charge >= 0.3 is 0 Å². The summed E-state index contributed by atoms with van der Waals surface area (Å²) in [6.45, 7) is 1.05. The summed E-state index contributed by atoms with van der Waals surface area (Å²) in [6, 6.07) is 9.85. The minimum absolute atomic E-state index is 0.145. The van der Waals surface area contributed by atoms with E-state index in [0.29, 0.717) is 29.7 Å². The predicted molar refractivity (Wildman–Crippen MR) is 79.7 cm³/mol. The molecule has 3 rings (SSSR count). The van der Waals surface area contributed by atoms with Crippen molar-refractivity contribution in [2.24, 2.45) is 0 Å². The molecule has 0 aliphatic carbocycles. The van der Waals surface area contributed by atoms with Crippen LogP contribution in [0, 0.1) is 5.82 Å². The first-order valence-corrected chi connectivity index (χ1v) is 7.08. The van der Waals surface area contributed by atoms with E-state index in [0.717, 1.165) is 11.1 Å². The summed E-state index contributed by atoms with van der Waals surface area (Å²) in [4.78, 5) is 0. The Kier molecular flexibility index (Phi) is 3.99. The van der Waals surface area contributed by atoms with Crippen molar-refractivity contribution in [3.8, 4) is 11.5 Å². The molecule has 0 aromatic heterocycles. The van der Waals surface area contributed by atoms with E-state index in [1.807, 2.05) is 13.1 Å². The Labute approximate surface area is 127 Å². The lowest BCUT2D eigenvalue weighted by molar-refractivity contribution is 0.171. The van der Waals surface area contributed by atoms with Crippen molar-refractivity contribution in [3.63, 3.8) is 0 Å². The molecule has 1 aliphatic heterocycles. The summed E-state index contributed by atoms with van der Waals surface area (Å²) in [5, 5.41) is 3.78.